The molecule has 6 N–H and O–H groups in total. The van der Waals surface area contributed by atoms with Gasteiger partial charge in [0.05, 0.1) is 0 Å². The number of rotatable bonds is 7. The fourth-order valence-electron chi connectivity index (χ4n) is 3.92. The molecular formula is C20H28Cl3NO14. The van der Waals surface area contributed by atoms with Crippen LogP contribution in [0.25, 0.3) is 0 Å². The zero-order valence-corrected chi connectivity index (χ0v) is 22.4. The Balaban J connectivity index is 2.56. The third-order valence-electron chi connectivity index (χ3n) is 5.62. The first-order valence-corrected chi connectivity index (χ1v) is 12.2. The van der Waals surface area contributed by atoms with E-state index in [0.29, 0.717) is 0 Å². The Labute approximate surface area is 230 Å². The van der Waals surface area contributed by atoms with Crippen molar-refractivity contribution in [1.29, 1.82) is 0 Å². The number of nitrogens with one attached hydrogen (secondary N) is 1. The second-order valence-electron chi connectivity index (χ2n) is 8.54. The van der Waals surface area contributed by atoms with Crippen LogP contribution in [0, 0.1) is 0 Å². The molecule has 15 nitrogen and oxygen atoms in total. The molecule has 2 rings (SSSR count). The number of ether oxygens (including phenoxy) is 5. The highest BCUT2D eigenvalue weighted by Crippen LogP contribution is 2.33. The van der Waals surface area contributed by atoms with Gasteiger partial charge in [-0.25, -0.2) is 0 Å². The van der Waals surface area contributed by atoms with Crippen LogP contribution in [0.5, 0.6) is 0 Å². The number of halogens is 3. The van der Waals surface area contributed by atoms with Gasteiger partial charge in [0, 0.05) is 20.8 Å². The lowest BCUT2D eigenvalue weighted by molar-refractivity contribution is -0.321. The monoisotopic (exact) mass is 611 g/mol. The maximum absolute atomic E-state index is 12.6. The van der Waals surface area contributed by atoms with Gasteiger partial charge in [-0.3, -0.25) is 19.2 Å². The summed E-state index contributed by atoms with van der Waals surface area (Å²) in [5.41, 5.74) is 0. The van der Waals surface area contributed by atoms with E-state index in [1.807, 2.05) is 0 Å². The SMILES string of the molecule is CC(=O)OC[C@H]1O[C@@H](OC2[C@H](O)[C@H](O)C(O)[C@H](O)[C@H]2O)[C@H](NC(=O)C(Cl)(Cl)Cl)[C@@H](OC(C)=O)[C@@H]1OC(C)=O. The van der Waals surface area contributed by atoms with Crippen molar-refractivity contribution in [3.8, 4) is 0 Å². The molecule has 1 aliphatic heterocycles. The molecule has 18 heteroatoms. The second kappa shape index (κ2) is 13.2. The zero-order chi connectivity index (χ0) is 29.1. The van der Waals surface area contributed by atoms with Gasteiger partial charge in [0.25, 0.3) is 9.70 Å². The Bertz CT molecular complexity index is 872. The molecule has 218 valence electrons. The number of amides is 1. The van der Waals surface area contributed by atoms with Gasteiger partial charge < -0.3 is 54.5 Å². The number of alkyl halides is 3. The minimum Gasteiger partial charge on any atom is -0.463 e. The van der Waals surface area contributed by atoms with Crippen molar-refractivity contribution in [3.63, 3.8) is 0 Å². The molecule has 0 aromatic heterocycles. The van der Waals surface area contributed by atoms with Gasteiger partial charge in [-0.05, 0) is 0 Å². The summed E-state index contributed by atoms with van der Waals surface area (Å²) in [5.74, 6) is -3.91. The van der Waals surface area contributed by atoms with Crippen LogP contribution in [0.15, 0.2) is 0 Å². The molecule has 0 aromatic carbocycles. The highest BCUT2D eigenvalue weighted by atomic mass is 35.6. The number of esters is 3. The maximum Gasteiger partial charge on any atom is 0.303 e. The van der Waals surface area contributed by atoms with E-state index in [2.05, 4.69) is 5.32 Å². The van der Waals surface area contributed by atoms with Crippen molar-refractivity contribution < 1.29 is 68.4 Å². The Kier molecular flexibility index (Phi) is 11.4. The smallest absolute Gasteiger partial charge is 0.303 e. The summed E-state index contributed by atoms with van der Waals surface area (Å²) >= 11 is 16.9. The van der Waals surface area contributed by atoms with Gasteiger partial charge in [-0.2, -0.15) is 0 Å². The fourth-order valence-corrected chi connectivity index (χ4v) is 4.08. The van der Waals surface area contributed by atoms with Gasteiger partial charge in [0.2, 0.25) is 0 Å². The molecule has 2 unspecified atom stereocenters. The summed E-state index contributed by atoms with van der Waals surface area (Å²) in [4.78, 5) is 47.8. The van der Waals surface area contributed by atoms with E-state index < -0.39 is 101 Å². The lowest BCUT2D eigenvalue weighted by Crippen LogP contribution is -2.70. The average molecular weight is 613 g/mol. The van der Waals surface area contributed by atoms with Crippen LogP contribution < -0.4 is 5.32 Å². The summed E-state index contributed by atoms with van der Waals surface area (Å²) in [6.45, 7) is 2.45. The molecule has 1 saturated carbocycles. The van der Waals surface area contributed by atoms with Crippen LogP contribution in [0.3, 0.4) is 0 Å². The predicted molar refractivity (Wildman–Crippen MR) is 124 cm³/mol. The number of hydrogen-bond acceptors (Lipinski definition) is 14. The molecule has 1 saturated heterocycles. The second-order valence-corrected chi connectivity index (χ2v) is 10.8. The molecule has 0 aromatic rings. The van der Waals surface area contributed by atoms with E-state index in [4.69, 9.17) is 58.5 Å². The number of aliphatic hydroxyl groups is 5. The van der Waals surface area contributed by atoms with Crippen LogP contribution >= 0.6 is 34.8 Å². The first-order valence-electron chi connectivity index (χ1n) is 11.0. The lowest BCUT2D eigenvalue weighted by Gasteiger charge is -2.48. The molecule has 1 aliphatic carbocycles. The van der Waals surface area contributed by atoms with E-state index in [1.54, 1.807) is 0 Å². The zero-order valence-electron chi connectivity index (χ0n) is 20.1. The van der Waals surface area contributed by atoms with E-state index in [-0.39, 0.29) is 0 Å². The molecule has 0 bridgehead atoms. The van der Waals surface area contributed by atoms with Crippen LogP contribution in [0.1, 0.15) is 20.8 Å². The molecular weight excluding hydrogens is 585 g/mol. The third kappa shape index (κ3) is 8.00. The highest BCUT2D eigenvalue weighted by Gasteiger charge is 2.56. The predicted octanol–water partition coefficient (Wildman–Crippen LogP) is -2.80. The molecule has 11 atom stereocenters. The van der Waals surface area contributed by atoms with Crippen molar-refractivity contribution in [2.45, 2.75) is 91.8 Å². The van der Waals surface area contributed by atoms with Gasteiger partial charge in [0.15, 0.2) is 18.5 Å². The minimum absolute atomic E-state index is 0.601. The Morgan fingerprint density at radius 1 is 0.763 bits per heavy atom. The van der Waals surface area contributed by atoms with Crippen molar-refractivity contribution in [1.82, 2.24) is 5.32 Å². The van der Waals surface area contributed by atoms with E-state index in [9.17, 15) is 44.7 Å². The fraction of sp³-hybridized carbons (Fsp3) is 0.800. The van der Waals surface area contributed by atoms with E-state index in [1.165, 1.54) is 0 Å². The summed E-state index contributed by atoms with van der Waals surface area (Å²) in [6, 6.07) is -1.69. The summed E-state index contributed by atoms with van der Waals surface area (Å²) < 4.78 is 24.2. The minimum atomic E-state index is -2.57. The number of carbonyl (C=O) groups excluding carboxylic acids is 4. The average Bonchev–Trinajstić information content (AvgIpc) is 2.80. The van der Waals surface area contributed by atoms with Gasteiger partial charge in [-0.15, -0.1) is 0 Å². The van der Waals surface area contributed by atoms with Gasteiger partial charge >= 0.3 is 17.9 Å². The summed E-state index contributed by atoms with van der Waals surface area (Å²) in [5, 5.41) is 53.0. The molecule has 0 spiro atoms. The molecule has 1 heterocycles. The quantitative estimate of drug-likeness (QED) is 0.0970. The van der Waals surface area contributed by atoms with Gasteiger partial charge in [0.1, 0.15) is 55.4 Å². The Morgan fingerprint density at radius 3 is 1.68 bits per heavy atom. The molecule has 2 fully saturated rings. The van der Waals surface area contributed by atoms with E-state index >= 15 is 0 Å². The Hall–Kier alpha value is -1.53. The standard InChI is InChI=1S/C20H28Cl3NO14/c1-5(25)34-4-8-15(35-6(2)26)16(36-7(3)27)9(24-19(33)20(21,22)23)18(37-8)38-17-13(31)11(29)10(28)12(30)14(17)32/h8-18,28-32H,4H2,1-3H3,(H,24,33)/t8-,9-,10?,11-,12+,13-,14-,15-,16-,17?,18+/m1/s1. The number of aliphatic hydroxyl groups excluding tert-OH is 5. The van der Waals surface area contributed by atoms with Crippen LogP contribution in [0.2, 0.25) is 0 Å². The van der Waals surface area contributed by atoms with Crippen molar-refractivity contribution in [2.75, 3.05) is 6.61 Å². The van der Waals surface area contributed by atoms with Crippen LogP contribution in [-0.2, 0) is 42.9 Å². The van der Waals surface area contributed by atoms with Gasteiger partial charge in [-0.1, -0.05) is 34.8 Å². The van der Waals surface area contributed by atoms with Crippen LogP contribution in [0.4, 0.5) is 0 Å². The first kappa shape index (κ1) is 32.7. The van der Waals surface area contributed by atoms with Crippen molar-refractivity contribution >= 4 is 58.6 Å². The lowest BCUT2D eigenvalue weighted by atomic mass is 9.84. The third-order valence-corrected chi connectivity index (χ3v) is 6.14. The van der Waals surface area contributed by atoms with Crippen LogP contribution in [-0.4, -0.2) is 127 Å². The summed E-state index contributed by atoms with van der Waals surface area (Å²) in [6.07, 6.45) is -18.4. The normalized spacial score (nSPS) is 37.6. The van der Waals surface area contributed by atoms with Crippen molar-refractivity contribution in [2.24, 2.45) is 0 Å². The molecule has 38 heavy (non-hydrogen) atoms. The summed E-state index contributed by atoms with van der Waals surface area (Å²) in [7, 11) is 0. The van der Waals surface area contributed by atoms with E-state index in [0.717, 1.165) is 20.8 Å². The first-order chi connectivity index (χ1) is 17.4. The van der Waals surface area contributed by atoms with Crippen molar-refractivity contribution in [3.05, 3.63) is 0 Å². The highest BCUT2D eigenvalue weighted by molar-refractivity contribution is 6.76. The maximum atomic E-state index is 12.6. The topological polar surface area (TPSA) is 228 Å². The number of carbonyl (C=O) groups is 4. The molecule has 2 aliphatic rings. The molecule has 1 amide bonds. The molecule has 0 radical (unpaired) electrons. The largest absolute Gasteiger partial charge is 0.463 e. The Morgan fingerprint density at radius 2 is 1.24 bits per heavy atom. The number of hydrogen-bond donors (Lipinski definition) is 6.